The zero-order valence-electron chi connectivity index (χ0n) is 13.2. The maximum Gasteiger partial charge on any atom is 0.317 e. The molecule has 0 fully saturated rings. The van der Waals surface area contributed by atoms with E-state index in [4.69, 9.17) is 0 Å². The first-order valence-electron chi connectivity index (χ1n) is 7.53. The van der Waals surface area contributed by atoms with Crippen LogP contribution >= 0.6 is 11.8 Å². The van der Waals surface area contributed by atoms with Gasteiger partial charge in [-0.3, -0.25) is 9.59 Å². The number of carboxylic acids is 1. The van der Waals surface area contributed by atoms with Crippen LogP contribution in [0.1, 0.15) is 31.7 Å². The number of hydrogen-bond donors (Lipinski definition) is 1. The first-order valence-corrected chi connectivity index (χ1v) is 8.41. The third kappa shape index (κ3) is 4.70. The van der Waals surface area contributed by atoms with Crippen molar-refractivity contribution in [3.8, 4) is 11.1 Å². The lowest BCUT2D eigenvalue weighted by molar-refractivity contribution is -0.136. The van der Waals surface area contributed by atoms with Gasteiger partial charge in [0.25, 0.3) is 0 Å². The Kier molecular flexibility index (Phi) is 5.99. The van der Waals surface area contributed by atoms with E-state index in [1.807, 2.05) is 55.5 Å². The summed E-state index contributed by atoms with van der Waals surface area (Å²) >= 11 is 0.894. The van der Waals surface area contributed by atoms with E-state index < -0.39 is 11.2 Å². The summed E-state index contributed by atoms with van der Waals surface area (Å²) in [5, 5.41) is 8.45. The minimum absolute atomic E-state index is 0.0411. The van der Waals surface area contributed by atoms with E-state index in [1.165, 1.54) is 6.92 Å². The molecular weight excluding hydrogens is 308 g/mol. The highest BCUT2D eigenvalue weighted by Gasteiger charge is 2.24. The van der Waals surface area contributed by atoms with Crippen LogP contribution in [0.5, 0.6) is 0 Å². The normalized spacial score (nSPS) is 13.3. The predicted molar refractivity (Wildman–Crippen MR) is 94.6 cm³/mol. The maximum atomic E-state index is 11.4. The van der Waals surface area contributed by atoms with Crippen LogP contribution in [0.2, 0.25) is 0 Å². The van der Waals surface area contributed by atoms with Gasteiger partial charge in [0, 0.05) is 6.92 Å². The molecule has 1 N–H and O–H groups in total. The molecule has 0 radical (unpaired) electrons. The van der Waals surface area contributed by atoms with Crippen molar-refractivity contribution in [2.75, 3.05) is 0 Å². The van der Waals surface area contributed by atoms with Gasteiger partial charge in [-0.25, -0.2) is 0 Å². The van der Waals surface area contributed by atoms with E-state index in [0.29, 0.717) is 6.42 Å². The van der Waals surface area contributed by atoms with Gasteiger partial charge in [0.05, 0.1) is 0 Å². The minimum Gasteiger partial charge on any atom is -0.480 e. The molecule has 120 valence electrons. The molecule has 0 bridgehead atoms. The molecule has 3 nitrogen and oxygen atoms in total. The molecule has 2 aromatic rings. The lowest BCUT2D eigenvalue weighted by Crippen LogP contribution is -2.20. The SMILES string of the molecule is CC(=O)SC(CC(C)c1ccccc1-c1ccccc1)C(=O)O. The van der Waals surface area contributed by atoms with Gasteiger partial charge in [0.1, 0.15) is 5.25 Å². The van der Waals surface area contributed by atoms with Crippen molar-refractivity contribution in [3.63, 3.8) is 0 Å². The summed E-state index contributed by atoms with van der Waals surface area (Å²) in [6.07, 6.45) is 0.420. The van der Waals surface area contributed by atoms with Crippen LogP contribution in [0.25, 0.3) is 11.1 Å². The van der Waals surface area contributed by atoms with Crippen molar-refractivity contribution >= 4 is 22.8 Å². The molecule has 23 heavy (non-hydrogen) atoms. The number of benzene rings is 2. The highest BCUT2D eigenvalue weighted by molar-refractivity contribution is 8.14. The lowest BCUT2D eigenvalue weighted by atomic mass is 9.89. The van der Waals surface area contributed by atoms with E-state index in [0.717, 1.165) is 28.5 Å². The van der Waals surface area contributed by atoms with Crippen LogP contribution in [-0.2, 0) is 9.59 Å². The van der Waals surface area contributed by atoms with Crippen LogP contribution in [0.15, 0.2) is 54.6 Å². The summed E-state index contributed by atoms with van der Waals surface area (Å²) in [4.78, 5) is 22.6. The second kappa shape index (κ2) is 7.97. The Bertz CT molecular complexity index is 682. The molecule has 0 spiro atoms. The van der Waals surface area contributed by atoms with Crippen LogP contribution in [0, 0.1) is 0 Å². The zero-order chi connectivity index (χ0) is 16.8. The minimum atomic E-state index is -0.936. The Morgan fingerprint density at radius 2 is 1.65 bits per heavy atom. The van der Waals surface area contributed by atoms with Crippen molar-refractivity contribution in [2.45, 2.75) is 31.4 Å². The molecule has 4 heteroatoms. The summed E-state index contributed by atoms with van der Waals surface area (Å²) < 4.78 is 0. The fourth-order valence-corrected chi connectivity index (χ4v) is 3.54. The van der Waals surface area contributed by atoms with Crippen LogP contribution in [-0.4, -0.2) is 21.4 Å². The summed E-state index contributed by atoms with van der Waals surface area (Å²) in [6, 6.07) is 18.1. The molecule has 0 aliphatic carbocycles. The first kappa shape index (κ1) is 17.3. The molecule has 0 aliphatic rings. The number of carbonyl (C=O) groups is 2. The average molecular weight is 328 g/mol. The van der Waals surface area contributed by atoms with Gasteiger partial charge in [-0.2, -0.15) is 0 Å². The number of rotatable bonds is 6. The van der Waals surface area contributed by atoms with E-state index in [2.05, 4.69) is 6.07 Å². The number of carbonyl (C=O) groups excluding carboxylic acids is 1. The third-order valence-corrected chi connectivity index (χ3v) is 4.74. The quantitative estimate of drug-likeness (QED) is 0.843. The monoisotopic (exact) mass is 328 g/mol. The van der Waals surface area contributed by atoms with E-state index in [9.17, 15) is 14.7 Å². The van der Waals surface area contributed by atoms with Crippen LogP contribution < -0.4 is 0 Å². The van der Waals surface area contributed by atoms with Crippen LogP contribution in [0.4, 0.5) is 0 Å². The van der Waals surface area contributed by atoms with Gasteiger partial charge in [0.15, 0.2) is 5.12 Å². The summed E-state index contributed by atoms with van der Waals surface area (Å²) in [5.74, 6) is -0.895. The first-order chi connectivity index (χ1) is 11.0. The summed E-state index contributed by atoms with van der Waals surface area (Å²) in [7, 11) is 0. The number of aliphatic carboxylic acids is 1. The Morgan fingerprint density at radius 1 is 1.04 bits per heavy atom. The topological polar surface area (TPSA) is 54.4 Å². The molecule has 0 amide bonds. The highest BCUT2D eigenvalue weighted by Crippen LogP contribution is 2.33. The Balaban J connectivity index is 2.27. The fourth-order valence-electron chi connectivity index (χ4n) is 2.66. The van der Waals surface area contributed by atoms with E-state index in [1.54, 1.807) is 0 Å². The van der Waals surface area contributed by atoms with Crippen molar-refractivity contribution < 1.29 is 14.7 Å². The van der Waals surface area contributed by atoms with Gasteiger partial charge in [0.2, 0.25) is 0 Å². The second-order valence-corrected chi connectivity index (χ2v) is 6.91. The molecular formula is C19H20O3S. The average Bonchev–Trinajstić information content (AvgIpc) is 2.54. The van der Waals surface area contributed by atoms with Gasteiger partial charge < -0.3 is 5.11 Å². The predicted octanol–water partition coefficient (Wildman–Crippen LogP) is 4.58. The molecule has 0 saturated carbocycles. The fraction of sp³-hybridized carbons (Fsp3) is 0.263. The van der Waals surface area contributed by atoms with Crippen molar-refractivity contribution in [1.82, 2.24) is 0 Å². The highest BCUT2D eigenvalue weighted by atomic mass is 32.2. The molecule has 0 saturated heterocycles. The van der Waals surface area contributed by atoms with Gasteiger partial charge >= 0.3 is 5.97 Å². The van der Waals surface area contributed by atoms with Crippen molar-refractivity contribution in [3.05, 3.63) is 60.2 Å². The molecule has 0 heterocycles. The smallest absolute Gasteiger partial charge is 0.317 e. The largest absolute Gasteiger partial charge is 0.480 e. The summed E-state index contributed by atoms with van der Waals surface area (Å²) in [6.45, 7) is 3.42. The Labute approximate surface area is 140 Å². The molecule has 2 unspecified atom stereocenters. The Morgan fingerprint density at radius 3 is 2.26 bits per heavy atom. The van der Waals surface area contributed by atoms with Crippen molar-refractivity contribution in [1.29, 1.82) is 0 Å². The zero-order valence-corrected chi connectivity index (χ0v) is 14.0. The lowest BCUT2D eigenvalue weighted by Gasteiger charge is -2.19. The van der Waals surface area contributed by atoms with Gasteiger partial charge in [-0.15, -0.1) is 0 Å². The summed E-state index contributed by atoms with van der Waals surface area (Å²) in [5.41, 5.74) is 3.33. The van der Waals surface area contributed by atoms with Crippen molar-refractivity contribution in [2.24, 2.45) is 0 Å². The second-order valence-electron chi connectivity index (χ2n) is 5.53. The van der Waals surface area contributed by atoms with E-state index in [-0.39, 0.29) is 11.0 Å². The number of thioether (sulfide) groups is 1. The standard InChI is InChI=1S/C19H20O3S/c1-13(12-18(19(21)22)23-14(2)20)16-10-6-7-11-17(16)15-8-4-3-5-9-15/h3-11,13,18H,12H2,1-2H3,(H,21,22). The number of carboxylic acid groups (broad SMARTS) is 1. The van der Waals surface area contributed by atoms with Gasteiger partial charge in [-0.1, -0.05) is 73.3 Å². The molecule has 0 aromatic heterocycles. The van der Waals surface area contributed by atoms with Crippen LogP contribution in [0.3, 0.4) is 0 Å². The molecule has 2 aromatic carbocycles. The number of hydrogen-bond acceptors (Lipinski definition) is 3. The van der Waals surface area contributed by atoms with E-state index >= 15 is 0 Å². The third-order valence-electron chi connectivity index (χ3n) is 3.73. The maximum absolute atomic E-state index is 11.4. The molecule has 2 rings (SSSR count). The van der Waals surface area contributed by atoms with Gasteiger partial charge in [-0.05, 0) is 29.0 Å². The molecule has 0 aliphatic heterocycles. The molecule has 2 atom stereocenters. The Hall–Kier alpha value is -2.07.